The highest BCUT2D eigenvalue weighted by atomic mass is 16.6. The smallest absolute Gasteiger partial charge is 0.254 e. The third-order valence-electron chi connectivity index (χ3n) is 7.41. The van der Waals surface area contributed by atoms with E-state index in [1.807, 2.05) is 78.9 Å². The van der Waals surface area contributed by atoms with Crippen LogP contribution in [0.1, 0.15) is 42.6 Å². The summed E-state index contributed by atoms with van der Waals surface area (Å²) < 4.78 is 5.20. The van der Waals surface area contributed by atoms with Gasteiger partial charge in [0, 0.05) is 37.5 Å². The first-order chi connectivity index (χ1) is 20.0. The molecule has 8 heteroatoms. The molecule has 0 radical (unpaired) electrons. The second-order valence-corrected chi connectivity index (χ2v) is 10.1. The van der Waals surface area contributed by atoms with E-state index in [1.54, 1.807) is 12.0 Å². The lowest BCUT2D eigenvalue weighted by molar-refractivity contribution is -0.121. The number of benzene rings is 3. The minimum absolute atomic E-state index is 0.0696. The summed E-state index contributed by atoms with van der Waals surface area (Å²) in [6.07, 6.45) is 0.698. The van der Waals surface area contributed by atoms with E-state index in [-0.39, 0.29) is 24.3 Å². The lowest BCUT2D eigenvalue weighted by atomic mass is 10.0. The fourth-order valence-corrected chi connectivity index (χ4v) is 4.96. The number of nitrogens with one attached hydrogen (secondary N) is 1. The third kappa shape index (κ3) is 8.41. The van der Waals surface area contributed by atoms with Crippen LogP contribution in [-0.2, 0) is 16.2 Å². The summed E-state index contributed by atoms with van der Waals surface area (Å²) >= 11 is 0. The maximum atomic E-state index is 13.6. The number of oxime groups is 1. The molecule has 2 amide bonds. The van der Waals surface area contributed by atoms with E-state index in [2.05, 4.69) is 29.2 Å². The van der Waals surface area contributed by atoms with E-state index in [9.17, 15) is 9.59 Å². The number of methoxy groups -OCH3 is 1. The summed E-state index contributed by atoms with van der Waals surface area (Å²) in [5, 5.41) is 7.38. The Morgan fingerprint density at radius 1 is 0.951 bits per heavy atom. The van der Waals surface area contributed by atoms with Gasteiger partial charge in [-0.15, -0.1) is 0 Å². The lowest BCUT2D eigenvalue weighted by Crippen LogP contribution is -2.40. The number of carbonyl (C=O) groups excluding carboxylic acids is 2. The quantitative estimate of drug-likeness (QED) is 0.300. The van der Waals surface area contributed by atoms with Crippen LogP contribution in [0.4, 0.5) is 0 Å². The number of rotatable bonds is 13. The number of likely N-dealkylation sites (tertiary alicyclic amines) is 1. The summed E-state index contributed by atoms with van der Waals surface area (Å²) in [5.74, 6) is 0.589. The molecule has 1 saturated heterocycles. The van der Waals surface area contributed by atoms with Gasteiger partial charge in [0.15, 0.2) is 0 Å². The monoisotopic (exact) mass is 556 g/mol. The molecule has 1 fully saturated rings. The Hall–Kier alpha value is -4.17. The van der Waals surface area contributed by atoms with Crippen molar-refractivity contribution >= 4 is 17.5 Å². The van der Waals surface area contributed by atoms with Gasteiger partial charge >= 0.3 is 0 Å². The molecule has 0 aliphatic carbocycles. The Morgan fingerprint density at radius 2 is 1.63 bits per heavy atom. The van der Waals surface area contributed by atoms with Crippen molar-refractivity contribution < 1.29 is 19.2 Å². The van der Waals surface area contributed by atoms with E-state index >= 15 is 0 Å². The number of carbonyl (C=O) groups is 2. The first-order valence-corrected chi connectivity index (χ1v) is 14.3. The normalized spacial score (nSPS) is 15.8. The van der Waals surface area contributed by atoms with Gasteiger partial charge in [-0.05, 0) is 54.0 Å². The molecule has 41 heavy (non-hydrogen) atoms. The molecule has 1 N–H and O–H groups in total. The molecular weight excluding hydrogens is 516 g/mol. The van der Waals surface area contributed by atoms with Gasteiger partial charge in [-0.2, -0.15) is 0 Å². The maximum absolute atomic E-state index is 13.6. The van der Waals surface area contributed by atoms with E-state index < -0.39 is 0 Å². The van der Waals surface area contributed by atoms with Gasteiger partial charge in [0.1, 0.15) is 12.4 Å². The molecule has 0 saturated carbocycles. The molecule has 1 aliphatic heterocycles. The van der Waals surface area contributed by atoms with Gasteiger partial charge in [0.2, 0.25) is 5.91 Å². The second-order valence-electron chi connectivity index (χ2n) is 10.1. The van der Waals surface area contributed by atoms with Gasteiger partial charge in [0.05, 0.1) is 19.4 Å². The third-order valence-corrected chi connectivity index (χ3v) is 7.41. The molecule has 0 bridgehead atoms. The van der Waals surface area contributed by atoms with Gasteiger partial charge in [0.25, 0.3) is 5.91 Å². The number of ether oxygens (including phenoxy) is 1. The molecular formula is C33H40N4O4. The SMILES string of the molecule is CCN(CC)CCNC(=O)CC1CC(=NOCc2ccc(OC)cc2)CN1C(=O)c1ccc(-c2ccccc2)cc1. The number of nitrogens with zero attached hydrogens (tertiary/aromatic N) is 3. The van der Waals surface area contributed by atoms with Crippen LogP contribution in [-0.4, -0.2) is 73.2 Å². The Balaban J connectivity index is 1.43. The molecule has 0 spiro atoms. The van der Waals surface area contributed by atoms with Crippen LogP contribution in [0.3, 0.4) is 0 Å². The standard InChI is InChI=1S/C33H40N4O4/c1-4-36(5-2)20-19-34-32(38)22-30-21-29(35-41-24-25-11-17-31(40-3)18-12-25)23-37(30)33(39)28-15-13-27(14-16-28)26-9-7-6-8-10-26/h6-18,30H,4-5,19-24H2,1-3H3,(H,34,38). The highest BCUT2D eigenvalue weighted by Crippen LogP contribution is 2.24. The number of likely N-dealkylation sites (N-methyl/N-ethyl adjacent to an activating group) is 1. The Labute approximate surface area is 242 Å². The summed E-state index contributed by atoms with van der Waals surface area (Å²) in [6, 6.07) is 25.0. The fourth-order valence-electron chi connectivity index (χ4n) is 4.96. The summed E-state index contributed by atoms with van der Waals surface area (Å²) in [4.78, 5) is 36.2. The van der Waals surface area contributed by atoms with Gasteiger partial charge in [-0.1, -0.05) is 73.6 Å². The van der Waals surface area contributed by atoms with Gasteiger partial charge < -0.3 is 24.7 Å². The molecule has 1 atom stereocenters. The van der Waals surface area contributed by atoms with Crippen molar-refractivity contribution in [3.05, 3.63) is 90.0 Å². The topological polar surface area (TPSA) is 83.5 Å². The van der Waals surface area contributed by atoms with Crippen LogP contribution in [0.5, 0.6) is 5.75 Å². The zero-order valence-corrected chi connectivity index (χ0v) is 24.2. The predicted molar refractivity (Wildman–Crippen MR) is 162 cm³/mol. The van der Waals surface area contributed by atoms with E-state index in [4.69, 9.17) is 9.57 Å². The largest absolute Gasteiger partial charge is 0.497 e. The van der Waals surface area contributed by atoms with Crippen molar-refractivity contribution in [2.45, 2.75) is 39.3 Å². The van der Waals surface area contributed by atoms with E-state index in [1.165, 1.54) is 0 Å². The van der Waals surface area contributed by atoms with Crippen molar-refractivity contribution in [3.63, 3.8) is 0 Å². The number of hydrogen-bond donors (Lipinski definition) is 1. The molecule has 216 valence electrons. The molecule has 3 aromatic carbocycles. The van der Waals surface area contributed by atoms with Gasteiger partial charge in [-0.3, -0.25) is 9.59 Å². The van der Waals surface area contributed by atoms with Crippen LogP contribution in [0.2, 0.25) is 0 Å². The average molecular weight is 557 g/mol. The molecule has 1 heterocycles. The van der Waals surface area contributed by atoms with Crippen LogP contribution in [0, 0.1) is 0 Å². The lowest BCUT2D eigenvalue weighted by Gasteiger charge is -2.24. The molecule has 3 aromatic rings. The first kappa shape index (κ1) is 29.8. The molecule has 0 aromatic heterocycles. The Bertz CT molecular complexity index is 1290. The average Bonchev–Trinajstić information content (AvgIpc) is 3.41. The van der Waals surface area contributed by atoms with Crippen LogP contribution in [0.25, 0.3) is 11.1 Å². The predicted octanol–water partition coefficient (Wildman–Crippen LogP) is 5.00. The van der Waals surface area contributed by atoms with Crippen molar-refractivity contribution in [2.24, 2.45) is 5.16 Å². The zero-order valence-electron chi connectivity index (χ0n) is 24.2. The number of hydrogen-bond acceptors (Lipinski definition) is 6. The van der Waals surface area contributed by atoms with E-state index in [0.717, 1.165) is 47.8 Å². The van der Waals surface area contributed by atoms with Crippen LogP contribution >= 0.6 is 0 Å². The highest BCUT2D eigenvalue weighted by Gasteiger charge is 2.35. The summed E-state index contributed by atoms with van der Waals surface area (Å²) in [5.41, 5.74) is 4.42. The number of amides is 2. The summed E-state index contributed by atoms with van der Waals surface area (Å²) in [6.45, 7) is 8.10. The van der Waals surface area contributed by atoms with Crippen molar-refractivity contribution in [1.29, 1.82) is 0 Å². The first-order valence-electron chi connectivity index (χ1n) is 14.3. The van der Waals surface area contributed by atoms with Crippen molar-refractivity contribution in [3.8, 4) is 16.9 Å². The second kappa shape index (κ2) is 15.0. The van der Waals surface area contributed by atoms with E-state index in [0.29, 0.717) is 31.7 Å². The fraction of sp³-hybridized carbons (Fsp3) is 0.364. The van der Waals surface area contributed by atoms with Gasteiger partial charge in [-0.25, -0.2) is 0 Å². The maximum Gasteiger partial charge on any atom is 0.254 e. The Kier molecular flexibility index (Phi) is 10.9. The van der Waals surface area contributed by atoms with Crippen molar-refractivity contribution in [2.75, 3.05) is 39.8 Å². The molecule has 1 unspecified atom stereocenters. The zero-order chi connectivity index (χ0) is 29.0. The molecule has 8 nitrogen and oxygen atoms in total. The summed E-state index contributed by atoms with van der Waals surface area (Å²) in [7, 11) is 1.63. The van der Waals surface area contributed by atoms with Crippen molar-refractivity contribution in [1.82, 2.24) is 15.1 Å². The highest BCUT2D eigenvalue weighted by molar-refractivity contribution is 6.01. The Morgan fingerprint density at radius 3 is 2.29 bits per heavy atom. The van der Waals surface area contributed by atoms with Crippen LogP contribution < -0.4 is 10.1 Å². The molecule has 1 aliphatic rings. The van der Waals surface area contributed by atoms with Crippen LogP contribution in [0.15, 0.2) is 84.0 Å². The minimum Gasteiger partial charge on any atom is -0.497 e. The minimum atomic E-state index is -0.298. The molecule has 4 rings (SSSR count).